The number of benzene rings is 3. The van der Waals surface area contributed by atoms with Crippen LogP contribution in [0.4, 0.5) is 11.4 Å². The van der Waals surface area contributed by atoms with Crippen molar-refractivity contribution in [2.45, 2.75) is 13.8 Å². The fraction of sp³-hybridized carbons (Fsp3) is 0.185. The first-order chi connectivity index (χ1) is 16.5. The SMILES string of the molecule is CCOc1cccc(N2C(=O)C(Nc3cc(C)ccc3OC)=C(c3ccc(OC)cc3)C2=O)c1. The number of nitrogens with one attached hydrogen (secondary N) is 1. The molecule has 0 aliphatic carbocycles. The molecule has 1 N–H and O–H groups in total. The van der Waals surface area contributed by atoms with Crippen LogP contribution in [-0.2, 0) is 9.59 Å². The quantitative estimate of drug-likeness (QED) is 0.489. The fourth-order valence-electron chi connectivity index (χ4n) is 3.84. The fourth-order valence-corrected chi connectivity index (χ4v) is 3.84. The zero-order chi connectivity index (χ0) is 24.2. The van der Waals surface area contributed by atoms with E-state index >= 15 is 0 Å². The van der Waals surface area contributed by atoms with Gasteiger partial charge in [0.2, 0.25) is 0 Å². The molecule has 0 saturated carbocycles. The number of nitrogens with zero attached hydrogens (tertiary/aromatic N) is 1. The van der Waals surface area contributed by atoms with Crippen molar-refractivity contribution < 1.29 is 23.8 Å². The van der Waals surface area contributed by atoms with E-state index < -0.39 is 11.8 Å². The van der Waals surface area contributed by atoms with Crippen molar-refractivity contribution in [2.75, 3.05) is 31.0 Å². The van der Waals surface area contributed by atoms with Gasteiger partial charge in [0.15, 0.2) is 0 Å². The van der Waals surface area contributed by atoms with Gasteiger partial charge in [-0.2, -0.15) is 0 Å². The van der Waals surface area contributed by atoms with Crippen molar-refractivity contribution in [3.8, 4) is 17.2 Å². The minimum atomic E-state index is -0.465. The number of anilines is 2. The van der Waals surface area contributed by atoms with Crippen molar-refractivity contribution in [1.82, 2.24) is 0 Å². The Morgan fingerprint density at radius 3 is 2.29 bits per heavy atom. The summed E-state index contributed by atoms with van der Waals surface area (Å²) in [7, 11) is 3.13. The standard InChI is InChI=1S/C27H26N2O5/c1-5-34-21-8-6-7-19(16-21)29-26(30)24(18-10-12-20(32-3)13-11-18)25(27(29)31)28-22-15-17(2)9-14-23(22)33-4/h6-16,28H,5H2,1-4H3. The Morgan fingerprint density at radius 1 is 0.853 bits per heavy atom. The third-order valence-electron chi connectivity index (χ3n) is 5.46. The molecule has 2 amide bonds. The molecule has 0 radical (unpaired) electrons. The summed E-state index contributed by atoms with van der Waals surface area (Å²) in [5.74, 6) is 0.890. The summed E-state index contributed by atoms with van der Waals surface area (Å²) in [4.78, 5) is 28.5. The molecule has 0 spiro atoms. The number of hydrogen-bond acceptors (Lipinski definition) is 6. The molecule has 3 aromatic carbocycles. The minimum Gasteiger partial charge on any atom is -0.497 e. The molecule has 0 saturated heterocycles. The van der Waals surface area contributed by atoms with Gasteiger partial charge in [-0.05, 0) is 61.4 Å². The number of carbonyl (C=O) groups is 2. The Labute approximate surface area is 198 Å². The summed E-state index contributed by atoms with van der Waals surface area (Å²) in [5, 5.41) is 3.18. The van der Waals surface area contributed by atoms with E-state index in [1.54, 1.807) is 62.8 Å². The third-order valence-corrected chi connectivity index (χ3v) is 5.46. The van der Waals surface area contributed by atoms with E-state index in [2.05, 4.69) is 5.32 Å². The summed E-state index contributed by atoms with van der Waals surface area (Å²) in [6.45, 7) is 4.29. The molecule has 7 heteroatoms. The predicted octanol–water partition coefficient (Wildman–Crippen LogP) is 4.81. The normalized spacial score (nSPS) is 13.4. The average Bonchev–Trinajstić information content (AvgIpc) is 3.09. The van der Waals surface area contributed by atoms with E-state index in [0.717, 1.165) is 10.5 Å². The van der Waals surface area contributed by atoms with Gasteiger partial charge in [0.25, 0.3) is 11.8 Å². The molecule has 0 fully saturated rings. The van der Waals surface area contributed by atoms with Crippen molar-refractivity contribution in [3.05, 3.63) is 83.6 Å². The number of imide groups is 1. The van der Waals surface area contributed by atoms with Gasteiger partial charge in [0.05, 0.1) is 37.8 Å². The minimum absolute atomic E-state index is 0.167. The predicted molar refractivity (Wildman–Crippen MR) is 131 cm³/mol. The van der Waals surface area contributed by atoms with Gasteiger partial charge < -0.3 is 19.5 Å². The number of methoxy groups -OCH3 is 2. The maximum Gasteiger partial charge on any atom is 0.282 e. The second-order valence-electron chi connectivity index (χ2n) is 7.68. The highest BCUT2D eigenvalue weighted by molar-refractivity contribution is 6.46. The highest BCUT2D eigenvalue weighted by atomic mass is 16.5. The lowest BCUT2D eigenvalue weighted by Crippen LogP contribution is -2.32. The Kier molecular flexibility index (Phi) is 6.54. The van der Waals surface area contributed by atoms with Crippen molar-refractivity contribution in [3.63, 3.8) is 0 Å². The highest BCUT2D eigenvalue weighted by Gasteiger charge is 2.40. The molecule has 0 unspecified atom stereocenters. The van der Waals surface area contributed by atoms with Crippen LogP contribution in [0.25, 0.3) is 5.57 Å². The zero-order valence-electron chi connectivity index (χ0n) is 19.5. The summed E-state index contributed by atoms with van der Waals surface area (Å²) >= 11 is 0. The first-order valence-corrected chi connectivity index (χ1v) is 10.9. The van der Waals surface area contributed by atoms with E-state index in [4.69, 9.17) is 14.2 Å². The molecular formula is C27H26N2O5. The smallest absolute Gasteiger partial charge is 0.282 e. The molecule has 7 nitrogen and oxygen atoms in total. The molecule has 1 aliphatic heterocycles. The molecular weight excluding hydrogens is 432 g/mol. The topological polar surface area (TPSA) is 77.1 Å². The summed E-state index contributed by atoms with van der Waals surface area (Å²) < 4.78 is 16.3. The highest BCUT2D eigenvalue weighted by Crippen LogP contribution is 2.37. The number of aryl methyl sites for hydroxylation is 1. The number of amides is 2. The Bertz CT molecular complexity index is 1260. The van der Waals surface area contributed by atoms with Crippen LogP contribution in [0, 0.1) is 6.92 Å². The molecule has 34 heavy (non-hydrogen) atoms. The van der Waals surface area contributed by atoms with Crippen LogP contribution < -0.4 is 24.4 Å². The number of rotatable bonds is 8. The number of hydrogen-bond donors (Lipinski definition) is 1. The summed E-state index contributed by atoms with van der Waals surface area (Å²) in [6, 6.07) is 19.5. The third kappa shape index (κ3) is 4.32. The first-order valence-electron chi connectivity index (χ1n) is 10.9. The maximum atomic E-state index is 13.7. The van der Waals surface area contributed by atoms with Crippen molar-refractivity contribution in [1.29, 1.82) is 0 Å². The first kappa shape index (κ1) is 22.9. The van der Waals surface area contributed by atoms with Gasteiger partial charge in [-0.1, -0.05) is 24.3 Å². The van der Waals surface area contributed by atoms with Gasteiger partial charge in [-0.3, -0.25) is 9.59 Å². The molecule has 0 bridgehead atoms. The maximum absolute atomic E-state index is 13.7. The second-order valence-corrected chi connectivity index (χ2v) is 7.68. The van der Waals surface area contributed by atoms with Crippen LogP contribution in [0.3, 0.4) is 0 Å². The van der Waals surface area contributed by atoms with E-state index in [9.17, 15) is 9.59 Å². The van der Waals surface area contributed by atoms with Crippen molar-refractivity contribution >= 4 is 28.8 Å². The van der Waals surface area contributed by atoms with Crippen LogP contribution in [-0.4, -0.2) is 32.6 Å². The monoisotopic (exact) mass is 458 g/mol. The molecule has 3 aromatic rings. The molecule has 174 valence electrons. The van der Waals surface area contributed by atoms with Crippen molar-refractivity contribution in [2.24, 2.45) is 0 Å². The zero-order valence-corrected chi connectivity index (χ0v) is 19.5. The van der Waals surface area contributed by atoms with E-state index in [0.29, 0.717) is 40.8 Å². The lowest BCUT2D eigenvalue weighted by Gasteiger charge is -2.17. The van der Waals surface area contributed by atoms with Crippen LogP contribution in [0.2, 0.25) is 0 Å². The van der Waals surface area contributed by atoms with Gasteiger partial charge in [0, 0.05) is 6.07 Å². The van der Waals surface area contributed by atoms with Gasteiger partial charge in [-0.15, -0.1) is 0 Å². The summed E-state index contributed by atoms with van der Waals surface area (Å²) in [5.41, 5.74) is 3.03. The molecule has 4 rings (SSSR count). The second kappa shape index (κ2) is 9.70. The Balaban J connectivity index is 1.83. The Morgan fingerprint density at radius 2 is 1.62 bits per heavy atom. The largest absolute Gasteiger partial charge is 0.497 e. The molecule has 1 aliphatic rings. The molecule has 0 atom stereocenters. The van der Waals surface area contributed by atoms with Crippen LogP contribution in [0.1, 0.15) is 18.1 Å². The number of ether oxygens (including phenoxy) is 3. The van der Waals surface area contributed by atoms with Gasteiger partial charge >= 0.3 is 0 Å². The van der Waals surface area contributed by atoms with E-state index in [1.807, 2.05) is 32.0 Å². The molecule has 0 aromatic heterocycles. The van der Waals surface area contributed by atoms with E-state index in [-0.39, 0.29) is 11.3 Å². The van der Waals surface area contributed by atoms with Gasteiger partial charge in [-0.25, -0.2) is 4.90 Å². The average molecular weight is 459 g/mol. The number of carbonyl (C=O) groups excluding carboxylic acids is 2. The lowest BCUT2D eigenvalue weighted by molar-refractivity contribution is -0.120. The van der Waals surface area contributed by atoms with E-state index in [1.165, 1.54) is 0 Å². The summed E-state index contributed by atoms with van der Waals surface area (Å²) in [6.07, 6.45) is 0. The lowest BCUT2D eigenvalue weighted by atomic mass is 10.0. The van der Waals surface area contributed by atoms with Crippen LogP contribution in [0.5, 0.6) is 17.2 Å². The molecule has 1 heterocycles. The van der Waals surface area contributed by atoms with Crippen LogP contribution in [0.15, 0.2) is 72.4 Å². The van der Waals surface area contributed by atoms with Gasteiger partial charge in [0.1, 0.15) is 22.9 Å². The Hall–Kier alpha value is -4.26. The van der Waals surface area contributed by atoms with Crippen LogP contribution >= 0.6 is 0 Å².